The molecule has 0 bridgehead atoms. The molecule has 1 aliphatic heterocycles. The van der Waals surface area contributed by atoms with Crippen molar-refractivity contribution in [1.29, 1.82) is 0 Å². The van der Waals surface area contributed by atoms with E-state index in [1.807, 2.05) is 0 Å². The Morgan fingerprint density at radius 1 is 1.22 bits per heavy atom. The Balaban J connectivity index is 1.92. The van der Waals surface area contributed by atoms with E-state index >= 15 is 0 Å². The molecule has 1 aliphatic carbocycles. The molecule has 1 heterocycles. The lowest BCUT2D eigenvalue weighted by molar-refractivity contribution is -0.137. The number of hydrogen-bond acceptors (Lipinski definition) is 2. The van der Waals surface area contributed by atoms with Crippen LogP contribution >= 0.6 is 0 Å². The van der Waals surface area contributed by atoms with Gasteiger partial charge in [0.25, 0.3) is 0 Å². The zero-order valence-electron chi connectivity index (χ0n) is 9.80. The first-order chi connectivity index (χ1) is 8.45. The van der Waals surface area contributed by atoms with Crippen LogP contribution in [0.3, 0.4) is 0 Å². The molecule has 0 saturated heterocycles. The van der Waals surface area contributed by atoms with Gasteiger partial charge in [0.2, 0.25) is 0 Å². The summed E-state index contributed by atoms with van der Waals surface area (Å²) in [5.74, 6) is 0.645. The molecule has 0 aromatic heterocycles. The second kappa shape index (κ2) is 3.88. The normalized spacial score (nSPS) is 27.6. The van der Waals surface area contributed by atoms with Gasteiger partial charge in [0.1, 0.15) is 0 Å². The van der Waals surface area contributed by atoms with Crippen molar-refractivity contribution in [3.8, 4) is 0 Å². The Hall–Kier alpha value is -1.23. The van der Waals surface area contributed by atoms with Crippen molar-refractivity contribution in [3.63, 3.8) is 0 Å². The average Bonchev–Trinajstić information content (AvgIpc) is 3.11. The van der Waals surface area contributed by atoms with Crippen molar-refractivity contribution in [2.24, 2.45) is 11.7 Å². The topological polar surface area (TPSA) is 38.0 Å². The molecule has 2 aliphatic rings. The Morgan fingerprint density at radius 2 is 1.94 bits per heavy atom. The first kappa shape index (κ1) is 11.8. The molecule has 0 amide bonds. The van der Waals surface area contributed by atoms with Crippen LogP contribution in [0.2, 0.25) is 0 Å². The molecule has 2 nitrogen and oxygen atoms in total. The van der Waals surface area contributed by atoms with Gasteiger partial charge in [0.15, 0.2) is 0 Å². The molecule has 0 radical (unpaired) electrons. The van der Waals surface area contributed by atoms with Gasteiger partial charge in [-0.2, -0.15) is 13.2 Å². The molecule has 1 aromatic rings. The molecule has 1 fully saturated rings. The molecule has 98 valence electrons. The van der Waals surface area contributed by atoms with Gasteiger partial charge in [0, 0.05) is 17.8 Å². The summed E-state index contributed by atoms with van der Waals surface area (Å²) in [5, 5.41) is 3.32. The van der Waals surface area contributed by atoms with Crippen LogP contribution < -0.4 is 11.1 Å². The SMILES string of the molecule is NC1CC(C2CC2)Nc2ccc(C(F)(F)F)cc21. The van der Waals surface area contributed by atoms with Crippen LogP contribution in [0.15, 0.2) is 18.2 Å². The maximum absolute atomic E-state index is 12.6. The van der Waals surface area contributed by atoms with Gasteiger partial charge < -0.3 is 11.1 Å². The molecule has 1 aromatic carbocycles. The number of benzene rings is 1. The fourth-order valence-electron chi connectivity index (χ4n) is 2.65. The monoisotopic (exact) mass is 256 g/mol. The van der Waals surface area contributed by atoms with E-state index < -0.39 is 11.7 Å². The molecule has 5 heteroatoms. The minimum Gasteiger partial charge on any atom is -0.382 e. The number of halogens is 3. The van der Waals surface area contributed by atoms with Crippen molar-refractivity contribution in [3.05, 3.63) is 29.3 Å². The second-order valence-electron chi connectivity index (χ2n) is 5.23. The van der Waals surface area contributed by atoms with Crippen LogP contribution in [0.1, 0.15) is 36.4 Å². The van der Waals surface area contributed by atoms with E-state index in [9.17, 15) is 13.2 Å². The van der Waals surface area contributed by atoms with E-state index in [2.05, 4.69) is 5.32 Å². The minimum absolute atomic E-state index is 0.297. The van der Waals surface area contributed by atoms with Crippen molar-refractivity contribution in [1.82, 2.24) is 0 Å². The van der Waals surface area contributed by atoms with Crippen LogP contribution in [-0.2, 0) is 6.18 Å². The molecule has 18 heavy (non-hydrogen) atoms. The highest BCUT2D eigenvalue weighted by molar-refractivity contribution is 5.57. The lowest BCUT2D eigenvalue weighted by atomic mass is 9.90. The lowest BCUT2D eigenvalue weighted by Gasteiger charge is -2.32. The van der Waals surface area contributed by atoms with E-state index in [-0.39, 0.29) is 6.04 Å². The predicted molar refractivity (Wildman–Crippen MR) is 63.1 cm³/mol. The van der Waals surface area contributed by atoms with E-state index in [0.717, 1.165) is 18.2 Å². The van der Waals surface area contributed by atoms with Gasteiger partial charge >= 0.3 is 6.18 Å². The van der Waals surface area contributed by atoms with Crippen LogP contribution in [-0.4, -0.2) is 6.04 Å². The molecule has 3 N–H and O–H groups in total. The number of rotatable bonds is 1. The Labute approximate surface area is 103 Å². The number of anilines is 1. The minimum atomic E-state index is -4.30. The quantitative estimate of drug-likeness (QED) is 0.809. The maximum atomic E-state index is 12.6. The van der Waals surface area contributed by atoms with Gasteiger partial charge in [-0.3, -0.25) is 0 Å². The van der Waals surface area contributed by atoms with Crippen LogP contribution in [0.4, 0.5) is 18.9 Å². The number of alkyl halides is 3. The molecule has 0 spiro atoms. The van der Waals surface area contributed by atoms with Crippen LogP contribution in [0, 0.1) is 5.92 Å². The predicted octanol–water partition coefficient (Wildman–Crippen LogP) is 3.30. The first-order valence-corrected chi connectivity index (χ1v) is 6.18. The lowest BCUT2D eigenvalue weighted by Crippen LogP contribution is -2.33. The number of nitrogens with one attached hydrogen (secondary N) is 1. The summed E-state index contributed by atoms with van der Waals surface area (Å²) in [6, 6.07) is 3.83. The van der Waals surface area contributed by atoms with E-state index in [0.29, 0.717) is 17.5 Å². The van der Waals surface area contributed by atoms with Crippen LogP contribution in [0.5, 0.6) is 0 Å². The standard InChI is InChI=1S/C13H15F3N2/c14-13(15,16)8-3-4-11-9(5-8)10(17)6-12(18-11)7-1-2-7/h3-5,7,10,12,18H,1-2,6,17H2. The summed E-state index contributed by atoms with van der Waals surface area (Å²) in [7, 11) is 0. The summed E-state index contributed by atoms with van der Waals surface area (Å²) in [6.45, 7) is 0. The third kappa shape index (κ3) is 2.07. The maximum Gasteiger partial charge on any atom is 0.416 e. The molecule has 1 saturated carbocycles. The summed E-state index contributed by atoms with van der Waals surface area (Å²) in [4.78, 5) is 0. The molecular weight excluding hydrogens is 241 g/mol. The van der Waals surface area contributed by atoms with Crippen molar-refractivity contribution >= 4 is 5.69 Å². The summed E-state index contributed by atoms with van der Waals surface area (Å²) in [5.41, 5.74) is 6.73. The zero-order chi connectivity index (χ0) is 12.9. The highest BCUT2D eigenvalue weighted by atomic mass is 19.4. The Morgan fingerprint density at radius 3 is 2.56 bits per heavy atom. The Bertz CT molecular complexity index is 466. The summed E-state index contributed by atoms with van der Waals surface area (Å²) < 4.78 is 37.9. The van der Waals surface area contributed by atoms with Gasteiger partial charge in [-0.05, 0) is 48.9 Å². The van der Waals surface area contributed by atoms with Gasteiger partial charge in [-0.1, -0.05) is 0 Å². The number of fused-ring (bicyclic) bond motifs is 1. The fraction of sp³-hybridized carbons (Fsp3) is 0.538. The van der Waals surface area contributed by atoms with Gasteiger partial charge in [-0.25, -0.2) is 0 Å². The van der Waals surface area contributed by atoms with Crippen LogP contribution in [0.25, 0.3) is 0 Å². The fourth-order valence-corrected chi connectivity index (χ4v) is 2.65. The molecule has 2 unspecified atom stereocenters. The molecular formula is C13H15F3N2. The van der Waals surface area contributed by atoms with Crippen molar-refractivity contribution in [2.75, 3.05) is 5.32 Å². The summed E-state index contributed by atoms with van der Waals surface area (Å²) >= 11 is 0. The average molecular weight is 256 g/mol. The molecule has 2 atom stereocenters. The third-order valence-electron chi connectivity index (χ3n) is 3.82. The highest BCUT2D eigenvalue weighted by Gasteiger charge is 2.37. The number of hydrogen-bond donors (Lipinski definition) is 2. The second-order valence-corrected chi connectivity index (χ2v) is 5.23. The number of nitrogens with two attached hydrogens (primary N) is 1. The van der Waals surface area contributed by atoms with E-state index in [1.54, 1.807) is 0 Å². The smallest absolute Gasteiger partial charge is 0.382 e. The van der Waals surface area contributed by atoms with Crippen molar-refractivity contribution < 1.29 is 13.2 Å². The van der Waals surface area contributed by atoms with Gasteiger partial charge in [0.05, 0.1) is 5.56 Å². The summed E-state index contributed by atoms with van der Waals surface area (Å²) in [6.07, 6.45) is -1.19. The highest BCUT2D eigenvalue weighted by Crippen LogP contribution is 2.43. The largest absolute Gasteiger partial charge is 0.416 e. The Kier molecular flexibility index (Phi) is 2.55. The van der Waals surface area contributed by atoms with Crippen molar-refractivity contribution in [2.45, 2.75) is 37.5 Å². The van der Waals surface area contributed by atoms with E-state index in [1.165, 1.54) is 25.0 Å². The molecule has 3 rings (SSSR count). The first-order valence-electron chi connectivity index (χ1n) is 6.18. The van der Waals surface area contributed by atoms with E-state index in [4.69, 9.17) is 5.73 Å². The van der Waals surface area contributed by atoms with Gasteiger partial charge in [-0.15, -0.1) is 0 Å². The zero-order valence-corrected chi connectivity index (χ0v) is 9.80. The third-order valence-corrected chi connectivity index (χ3v) is 3.82.